The van der Waals surface area contributed by atoms with E-state index in [4.69, 9.17) is 4.42 Å². The molecule has 0 bridgehead atoms. The van der Waals surface area contributed by atoms with Crippen molar-refractivity contribution in [1.29, 1.82) is 0 Å². The first-order chi connectivity index (χ1) is 14.5. The predicted molar refractivity (Wildman–Crippen MR) is 120 cm³/mol. The summed E-state index contributed by atoms with van der Waals surface area (Å²) in [5.41, 5.74) is 5.01. The van der Waals surface area contributed by atoms with Gasteiger partial charge in [0.15, 0.2) is 0 Å². The second-order valence-electron chi connectivity index (χ2n) is 7.19. The van der Waals surface area contributed by atoms with E-state index in [-0.39, 0.29) is 11.5 Å². The summed E-state index contributed by atoms with van der Waals surface area (Å²) in [6.45, 7) is 4.32. The number of aryl methyl sites for hydroxylation is 2. The van der Waals surface area contributed by atoms with Crippen molar-refractivity contribution < 1.29 is 9.21 Å². The molecule has 0 fully saturated rings. The zero-order valence-electron chi connectivity index (χ0n) is 16.9. The van der Waals surface area contributed by atoms with Crippen molar-refractivity contribution in [3.63, 3.8) is 0 Å². The molecule has 3 aromatic carbocycles. The molecule has 0 aliphatic heterocycles. The molecule has 4 rings (SSSR count). The van der Waals surface area contributed by atoms with Crippen LogP contribution < -0.4 is 16.3 Å². The van der Waals surface area contributed by atoms with Crippen molar-refractivity contribution in [2.45, 2.75) is 20.4 Å². The Bertz CT molecular complexity index is 1280. The van der Waals surface area contributed by atoms with Gasteiger partial charge in [0.1, 0.15) is 5.58 Å². The van der Waals surface area contributed by atoms with Crippen LogP contribution in [-0.4, -0.2) is 5.91 Å². The second-order valence-corrected chi connectivity index (χ2v) is 7.19. The summed E-state index contributed by atoms with van der Waals surface area (Å²) in [7, 11) is 0. The van der Waals surface area contributed by atoms with Crippen LogP contribution in [0.15, 0.2) is 82.0 Å². The van der Waals surface area contributed by atoms with E-state index < -0.39 is 0 Å². The topological polar surface area (TPSA) is 71.3 Å². The number of carbonyl (C=O) groups is 1. The standard InChI is InChI=1S/C25H22N2O3/c1-16-12-13-20-18(14-23(28)30-24(20)17(16)2)15-26-22-11-7-6-10-21(22)25(29)27-19-8-4-3-5-9-19/h3-14,26H,15H2,1-2H3,(H,27,29). The summed E-state index contributed by atoms with van der Waals surface area (Å²) in [6.07, 6.45) is 0. The maximum Gasteiger partial charge on any atom is 0.336 e. The minimum absolute atomic E-state index is 0.201. The third kappa shape index (κ3) is 3.96. The Balaban J connectivity index is 1.62. The average Bonchev–Trinajstić information content (AvgIpc) is 2.76. The number of para-hydroxylation sites is 2. The smallest absolute Gasteiger partial charge is 0.336 e. The maximum absolute atomic E-state index is 12.8. The lowest BCUT2D eigenvalue weighted by molar-refractivity contribution is 0.102. The highest BCUT2D eigenvalue weighted by atomic mass is 16.4. The quantitative estimate of drug-likeness (QED) is 0.449. The van der Waals surface area contributed by atoms with E-state index in [2.05, 4.69) is 10.6 Å². The highest BCUT2D eigenvalue weighted by Gasteiger charge is 2.13. The van der Waals surface area contributed by atoms with Crippen molar-refractivity contribution in [3.05, 3.63) is 105 Å². The van der Waals surface area contributed by atoms with E-state index in [0.29, 0.717) is 23.4 Å². The molecular formula is C25H22N2O3. The molecule has 0 atom stereocenters. The molecule has 0 aliphatic rings. The van der Waals surface area contributed by atoms with Crippen LogP contribution in [0.25, 0.3) is 11.0 Å². The van der Waals surface area contributed by atoms with E-state index in [9.17, 15) is 9.59 Å². The molecule has 1 amide bonds. The third-order valence-electron chi connectivity index (χ3n) is 5.19. The molecule has 0 radical (unpaired) electrons. The van der Waals surface area contributed by atoms with Gasteiger partial charge in [0, 0.05) is 29.4 Å². The highest BCUT2D eigenvalue weighted by Crippen LogP contribution is 2.25. The fraction of sp³-hybridized carbons (Fsp3) is 0.120. The molecule has 5 heteroatoms. The van der Waals surface area contributed by atoms with E-state index in [1.54, 1.807) is 6.07 Å². The zero-order chi connectivity index (χ0) is 21.1. The van der Waals surface area contributed by atoms with Gasteiger partial charge in [-0.2, -0.15) is 0 Å². The molecule has 30 heavy (non-hydrogen) atoms. The van der Waals surface area contributed by atoms with E-state index >= 15 is 0 Å². The first-order valence-electron chi connectivity index (χ1n) is 9.75. The van der Waals surface area contributed by atoms with Crippen LogP contribution in [0, 0.1) is 13.8 Å². The molecule has 2 N–H and O–H groups in total. The minimum atomic E-state index is -0.386. The van der Waals surface area contributed by atoms with Gasteiger partial charge in [0.05, 0.1) is 5.56 Å². The Kier molecular flexibility index (Phi) is 5.35. The number of hydrogen-bond acceptors (Lipinski definition) is 4. The largest absolute Gasteiger partial charge is 0.422 e. The molecule has 0 spiro atoms. The Morgan fingerprint density at radius 1 is 0.933 bits per heavy atom. The molecule has 4 aromatic rings. The van der Waals surface area contributed by atoms with Gasteiger partial charge in [0.25, 0.3) is 5.91 Å². The molecule has 0 saturated heterocycles. The average molecular weight is 398 g/mol. The summed E-state index contributed by atoms with van der Waals surface area (Å²) in [4.78, 5) is 24.9. The number of rotatable bonds is 5. The first-order valence-corrected chi connectivity index (χ1v) is 9.75. The summed E-state index contributed by atoms with van der Waals surface area (Å²) < 4.78 is 5.45. The molecule has 0 unspecified atom stereocenters. The fourth-order valence-electron chi connectivity index (χ4n) is 3.42. The van der Waals surface area contributed by atoms with Gasteiger partial charge in [-0.05, 0) is 54.8 Å². The van der Waals surface area contributed by atoms with Crippen LogP contribution in [0.1, 0.15) is 27.0 Å². The van der Waals surface area contributed by atoms with Crippen LogP contribution in [0.5, 0.6) is 0 Å². The predicted octanol–water partition coefficient (Wildman–Crippen LogP) is 5.27. The van der Waals surface area contributed by atoms with Gasteiger partial charge < -0.3 is 15.1 Å². The Morgan fingerprint density at radius 3 is 2.47 bits per heavy atom. The van der Waals surface area contributed by atoms with Gasteiger partial charge >= 0.3 is 5.63 Å². The zero-order valence-corrected chi connectivity index (χ0v) is 16.9. The van der Waals surface area contributed by atoms with Crippen molar-refractivity contribution in [2.75, 3.05) is 10.6 Å². The van der Waals surface area contributed by atoms with Crippen LogP contribution in [0.3, 0.4) is 0 Å². The second kappa shape index (κ2) is 8.25. The molecule has 0 saturated carbocycles. The molecular weight excluding hydrogens is 376 g/mol. The monoisotopic (exact) mass is 398 g/mol. The highest BCUT2D eigenvalue weighted by molar-refractivity contribution is 6.08. The minimum Gasteiger partial charge on any atom is -0.422 e. The lowest BCUT2D eigenvalue weighted by atomic mass is 10.0. The van der Waals surface area contributed by atoms with Crippen LogP contribution in [0.2, 0.25) is 0 Å². The summed E-state index contributed by atoms with van der Waals surface area (Å²) in [6, 6.07) is 22.1. The van der Waals surface area contributed by atoms with E-state index in [1.807, 2.05) is 74.5 Å². The van der Waals surface area contributed by atoms with Crippen molar-refractivity contribution >= 4 is 28.3 Å². The van der Waals surface area contributed by atoms with Crippen molar-refractivity contribution in [2.24, 2.45) is 0 Å². The normalized spacial score (nSPS) is 10.7. The Morgan fingerprint density at radius 2 is 1.67 bits per heavy atom. The van der Waals surface area contributed by atoms with Gasteiger partial charge in [-0.25, -0.2) is 4.79 Å². The van der Waals surface area contributed by atoms with Crippen molar-refractivity contribution in [1.82, 2.24) is 0 Å². The van der Waals surface area contributed by atoms with Gasteiger partial charge in [0.2, 0.25) is 0 Å². The lowest BCUT2D eigenvalue weighted by Gasteiger charge is -2.14. The van der Waals surface area contributed by atoms with Gasteiger partial charge in [-0.3, -0.25) is 4.79 Å². The number of fused-ring (bicyclic) bond motifs is 1. The number of carbonyl (C=O) groups excluding carboxylic acids is 1. The summed E-state index contributed by atoms with van der Waals surface area (Å²) >= 11 is 0. The van der Waals surface area contributed by atoms with Crippen LogP contribution in [0.4, 0.5) is 11.4 Å². The van der Waals surface area contributed by atoms with Crippen LogP contribution in [-0.2, 0) is 6.54 Å². The molecule has 0 aliphatic carbocycles. The summed E-state index contributed by atoms with van der Waals surface area (Å²) in [5.74, 6) is -0.201. The number of hydrogen-bond donors (Lipinski definition) is 2. The number of benzene rings is 3. The van der Waals surface area contributed by atoms with Crippen molar-refractivity contribution in [3.8, 4) is 0 Å². The SMILES string of the molecule is Cc1ccc2c(CNc3ccccc3C(=O)Nc3ccccc3)cc(=O)oc2c1C. The molecule has 1 heterocycles. The molecule has 5 nitrogen and oxygen atoms in total. The van der Waals surface area contributed by atoms with E-state index in [1.165, 1.54) is 6.07 Å². The number of anilines is 2. The van der Waals surface area contributed by atoms with Gasteiger partial charge in [-0.15, -0.1) is 0 Å². The maximum atomic E-state index is 12.8. The van der Waals surface area contributed by atoms with E-state index in [0.717, 1.165) is 27.8 Å². The fourth-order valence-corrected chi connectivity index (χ4v) is 3.42. The number of amides is 1. The summed E-state index contributed by atoms with van der Waals surface area (Å²) in [5, 5.41) is 7.10. The molecule has 1 aromatic heterocycles. The Labute approximate surface area is 174 Å². The third-order valence-corrected chi connectivity index (χ3v) is 5.19. The Hall–Kier alpha value is -3.86. The van der Waals surface area contributed by atoms with Gasteiger partial charge in [-0.1, -0.05) is 42.5 Å². The molecule has 150 valence electrons. The lowest BCUT2D eigenvalue weighted by Crippen LogP contribution is -2.15. The first kappa shape index (κ1) is 19.5. The number of nitrogens with one attached hydrogen (secondary N) is 2. The van der Waals surface area contributed by atoms with Crippen LogP contribution >= 0.6 is 0 Å².